The van der Waals surface area contributed by atoms with Gasteiger partial charge in [-0.2, -0.15) is 5.10 Å². The number of carbonyl (C=O) groups is 1. The van der Waals surface area contributed by atoms with Crippen molar-refractivity contribution in [2.45, 2.75) is 18.7 Å². The van der Waals surface area contributed by atoms with E-state index >= 15 is 0 Å². The van der Waals surface area contributed by atoms with Gasteiger partial charge in [-0.3, -0.25) is 9.69 Å². The largest absolute Gasteiger partial charge is 0.284 e. The monoisotopic (exact) mass is 329 g/mol. The molecule has 0 spiro atoms. The molecule has 0 radical (unpaired) electrons. The lowest BCUT2D eigenvalue weighted by Gasteiger charge is -2.15. The minimum atomic E-state index is -0.112. The Kier molecular flexibility index (Phi) is 4.70. The number of amidine groups is 1. The SMILES string of the molecule is CC1SC(=NN=Cc2cccs2)N(Cc2ccccc2)C1=O. The van der Waals surface area contributed by atoms with Crippen molar-refractivity contribution >= 4 is 40.4 Å². The maximum atomic E-state index is 12.3. The molecule has 4 nitrogen and oxygen atoms in total. The van der Waals surface area contributed by atoms with E-state index in [-0.39, 0.29) is 11.2 Å². The molecule has 0 N–H and O–H groups in total. The van der Waals surface area contributed by atoms with Crippen LogP contribution in [0.25, 0.3) is 0 Å². The Balaban J connectivity index is 1.77. The molecule has 1 atom stereocenters. The van der Waals surface area contributed by atoms with Crippen molar-refractivity contribution in [1.29, 1.82) is 0 Å². The molecule has 112 valence electrons. The first-order valence-electron chi connectivity index (χ1n) is 6.90. The second kappa shape index (κ2) is 6.89. The highest BCUT2D eigenvalue weighted by Gasteiger charge is 2.35. The molecule has 22 heavy (non-hydrogen) atoms. The molecular formula is C16H15N3OS2. The molecule has 2 heterocycles. The third kappa shape index (κ3) is 3.45. The van der Waals surface area contributed by atoms with Crippen LogP contribution in [0, 0.1) is 0 Å². The molecule has 0 aliphatic carbocycles. The molecule has 0 saturated carbocycles. The Bertz CT molecular complexity index is 695. The van der Waals surface area contributed by atoms with E-state index in [9.17, 15) is 4.79 Å². The quantitative estimate of drug-likeness (QED) is 0.635. The van der Waals surface area contributed by atoms with E-state index in [1.54, 1.807) is 22.5 Å². The summed E-state index contributed by atoms with van der Waals surface area (Å²) in [5.41, 5.74) is 1.08. The normalized spacial score (nSPS) is 20.4. The van der Waals surface area contributed by atoms with Crippen LogP contribution >= 0.6 is 23.1 Å². The van der Waals surface area contributed by atoms with E-state index in [1.807, 2.05) is 54.8 Å². The molecule has 1 amide bonds. The van der Waals surface area contributed by atoms with Crippen LogP contribution in [0.15, 0.2) is 58.0 Å². The van der Waals surface area contributed by atoms with Crippen molar-refractivity contribution < 1.29 is 4.79 Å². The van der Waals surface area contributed by atoms with E-state index in [0.717, 1.165) is 10.4 Å². The average Bonchev–Trinajstić information content (AvgIpc) is 3.13. The van der Waals surface area contributed by atoms with Crippen LogP contribution in [-0.4, -0.2) is 27.4 Å². The molecule has 1 aliphatic heterocycles. The fourth-order valence-corrected chi connectivity index (χ4v) is 3.57. The zero-order valence-electron chi connectivity index (χ0n) is 12.0. The second-order valence-electron chi connectivity index (χ2n) is 4.81. The van der Waals surface area contributed by atoms with Crippen LogP contribution in [-0.2, 0) is 11.3 Å². The van der Waals surface area contributed by atoms with Gasteiger partial charge >= 0.3 is 0 Å². The summed E-state index contributed by atoms with van der Waals surface area (Å²) in [5, 5.41) is 10.9. The van der Waals surface area contributed by atoms with E-state index < -0.39 is 0 Å². The molecule has 6 heteroatoms. The number of carbonyl (C=O) groups excluding carboxylic acids is 1. The van der Waals surface area contributed by atoms with Gasteiger partial charge in [0.15, 0.2) is 5.17 Å². The summed E-state index contributed by atoms with van der Waals surface area (Å²) in [6, 6.07) is 13.9. The number of thioether (sulfide) groups is 1. The average molecular weight is 329 g/mol. The van der Waals surface area contributed by atoms with Gasteiger partial charge in [-0.05, 0) is 23.9 Å². The maximum absolute atomic E-state index is 12.3. The zero-order valence-corrected chi connectivity index (χ0v) is 13.7. The number of hydrogen-bond acceptors (Lipinski definition) is 5. The van der Waals surface area contributed by atoms with Gasteiger partial charge in [0.05, 0.1) is 18.0 Å². The highest BCUT2D eigenvalue weighted by Crippen LogP contribution is 2.28. The van der Waals surface area contributed by atoms with Gasteiger partial charge in [0.25, 0.3) is 0 Å². The van der Waals surface area contributed by atoms with Crippen molar-refractivity contribution in [3.05, 3.63) is 58.3 Å². The van der Waals surface area contributed by atoms with Crippen molar-refractivity contribution in [1.82, 2.24) is 4.90 Å². The molecule has 1 aliphatic rings. The lowest BCUT2D eigenvalue weighted by Crippen LogP contribution is -2.30. The fraction of sp³-hybridized carbons (Fsp3) is 0.188. The van der Waals surface area contributed by atoms with E-state index in [4.69, 9.17) is 0 Å². The molecule has 3 rings (SSSR count). The topological polar surface area (TPSA) is 45.0 Å². The third-order valence-electron chi connectivity index (χ3n) is 3.18. The fourth-order valence-electron chi connectivity index (χ4n) is 2.07. The first kappa shape index (κ1) is 15.0. The van der Waals surface area contributed by atoms with Crippen LogP contribution in [0.4, 0.5) is 0 Å². The lowest BCUT2D eigenvalue weighted by molar-refractivity contribution is -0.126. The molecule has 1 aromatic carbocycles. The van der Waals surface area contributed by atoms with Crippen molar-refractivity contribution in [3.8, 4) is 0 Å². The maximum Gasteiger partial charge on any atom is 0.242 e. The first-order valence-corrected chi connectivity index (χ1v) is 8.66. The van der Waals surface area contributed by atoms with Gasteiger partial charge < -0.3 is 0 Å². The smallest absolute Gasteiger partial charge is 0.242 e. The number of rotatable bonds is 4. The van der Waals surface area contributed by atoms with Gasteiger partial charge in [-0.1, -0.05) is 48.2 Å². The number of amides is 1. The van der Waals surface area contributed by atoms with Crippen LogP contribution in [0.3, 0.4) is 0 Å². The van der Waals surface area contributed by atoms with E-state index in [2.05, 4.69) is 10.2 Å². The summed E-state index contributed by atoms with van der Waals surface area (Å²) >= 11 is 3.06. The minimum Gasteiger partial charge on any atom is -0.284 e. The molecule has 1 fully saturated rings. The standard InChI is InChI=1S/C16H15N3OS2/c1-12-15(20)19(11-13-6-3-2-4-7-13)16(22-12)18-17-10-14-8-5-9-21-14/h2-10,12H,11H2,1H3. The van der Waals surface area contributed by atoms with E-state index in [1.165, 1.54) is 11.8 Å². The molecule has 0 bridgehead atoms. The Morgan fingerprint density at radius 3 is 2.77 bits per heavy atom. The molecule has 2 aromatic rings. The van der Waals surface area contributed by atoms with Gasteiger partial charge in [0.2, 0.25) is 5.91 Å². The predicted octanol–water partition coefficient (Wildman–Crippen LogP) is 3.60. The zero-order chi connectivity index (χ0) is 15.4. The Hall–Kier alpha value is -1.92. The number of nitrogens with zero attached hydrogens (tertiary/aromatic N) is 3. The summed E-state index contributed by atoms with van der Waals surface area (Å²) in [5.74, 6) is 0.0823. The predicted molar refractivity (Wildman–Crippen MR) is 93.4 cm³/mol. The van der Waals surface area contributed by atoms with Crippen molar-refractivity contribution in [2.24, 2.45) is 10.2 Å². The summed E-state index contributed by atoms with van der Waals surface area (Å²) in [4.78, 5) is 15.0. The number of thiophene rings is 1. The second-order valence-corrected chi connectivity index (χ2v) is 7.10. The lowest BCUT2D eigenvalue weighted by atomic mass is 10.2. The van der Waals surface area contributed by atoms with Crippen molar-refractivity contribution in [3.63, 3.8) is 0 Å². The summed E-state index contributed by atoms with van der Waals surface area (Å²) in [6.07, 6.45) is 1.71. The Morgan fingerprint density at radius 2 is 2.05 bits per heavy atom. The third-order valence-corrected chi connectivity index (χ3v) is 5.06. The van der Waals surface area contributed by atoms with Crippen molar-refractivity contribution in [2.75, 3.05) is 0 Å². The number of hydrogen-bond donors (Lipinski definition) is 0. The highest BCUT2D eigenvalue weighted by molar-refractivity contribution is 8.15. The Morgan fingerprint density at radius 1 is 1.23 bits per heavy atom. The van der Waals surface area contributed by atoms with Gasteiger partial charge in [0.1, 0.15) is 0 Å². The van der Waals surface area contributed by atoms with Crippen LogP contribution in [0.2, 0.25) is 0 Å². The van der Waals surface area contributed by atoms with E-state index in [0.29, 0.717) is 11.7 Å². The first-order chi connectivity index (χ1) is 10.7. The molecule has 1 aromatic heterocycles. The molecule has 1 unspecified atom stereocenters. The van der Waals surface area contributed by atoms with Gasteiger partial charge in [-0.25, -0.2) is 0 Å². The summed E-state index contributed by atoms with van der Waals surface area (Å²) in [6.45, 7) is 2.43. The van der Waals surface area contributed by atoms with Gasteiger partial charge in [-0.15, -0.1) is 16.4 Å². The Labute approximate surface area is 137 Å². The molecule has 1 saturated heterocycles. The summed E-state index contributed by atoms with van der Waals surface area (Å²) < 4.78 is 0. The van der Waals surface area contributed by atoms with Crippen LogP contribution in [0.1, 0.15) is 17.4 Å². The van der Waals surface area contributed by atoms with Gasteiger partial charge in [0, 0.05) is 4.88 Å². The summed E-state index contributed by atoms with van der Waals surface area (Å²) in [7, 11) is 0. The van der Waals surface area contributed by atoms with Crippen LogP contribution in [0.5, 0.6) is 0 Å². The van der Waals surface area contributed by atoms with Crippen LogP contribution < -0.4 is 0 Å². The highest BCUT2D eigenvalue weighted by atomic mass is 32.2. The number of benzene rings is 1. The minimum absolute atomic E-state index is 0.0823. The molecular weight excluding hydrogens is 314 g/mol.